The van der Waals surface area contributed by atoms with Crippen LogP contribution in [0.2, 0.25) is 0 Å². The summed E-state index contributed by atoms with van der Waals surface area (Å²) in [7, 11) is 0. The molecule has 6 heteroatoms. The molecule has 0 aliphatic rings. The van der Waals surface area contributed by atoms with Gasteiger partial charge >= 0.3 is 5.97 Å². The second kappa shape index (κ2) is 10.1. The highest BCUT2D eigenvalue weighted by Gasteiger charge is 2.25. The molecule has 1 unspecified atom stereocenters. The van der Waals surface area contributed by atoms with Gasteiger partial charge in [0.25, 0.3) is 0 Å². The highest BCUT2D eigenvalue weighted by atomic mass is 16.4. The van der Waals surface area contributed by atoms with Crippen molar-refractivity contribution in [3.8, 4) is 0 Å². The first-order valence-electron chi connectivity index (χ1n) is 8.84. The quantitative estimate of drug-likeness (QED) is 0.711. The van der Waals surface area contributed by atoms with E-state index in [1.165, 1.54) is 11.8 Å². The van der Waals surface area contributed by atoms with Crippen LogP contribution in [0.3, 0.4) is 0 Å². The normalized spacial score (nSPS) is 11.4. The van der Waals surface area contributed by atoms with Crippen LogP contribution in [0.25, 0.3) is 0 Å². The van der Waals surface area contributed by atoms with Gasteiger partial charge < -0.3 is 15.3 Å². The van der Waals surface area contributed by atoms with Crippen LogP contribution >= 0.6 is 0 Å². The summed E-state index contributed by atoms with van der Waals surface area (Å²) < 4.78 is 0. The monoisotopic (exact) mass is 368 g/mol. The first kappa shape index (κ1) is 20.2. The molecule has 0 saturated carbocycles. The van der Waals surface area contributed by atoms with E-state index in [9.17, 15) is 19.5 Å². The Morgan fingerprint density at radius 3 is 2.07 bits per heavy atom. The predicted octanol–water partition coefficient (Wildman–Crippen LogP) is 2.24. The molecule has 0 radical (unpaired) electrons. The molecule has 0 fully saturated rings. The van der Waals surface area contributed by atoms with Crippen molar-refractivity contribution in [2.75, 3.05) is 6.54 Å². The third-order valence-electron chi connectivity index (χ3n) is 4.21. The van der Waals surface area contributed by atoms with Gasteiger partial charge in [-0.2, -0.15) is 0 Å². The molecule has 2 amide bonds. The zero-order valence-corrected chi connectivity index (χ0v) is 15.3. The van der Waals surface area contributed by atoms with Gasteiger partial charge in [0.2, 0.25) is 11.8 Å². The van der Waals surface area contributed by atoms with E-state index in [1.54, 1.807) is 0 Å². The number of carbonyl (C=O) groups is 3. The number of carboxylic acids is 1. The largest absolute Gasteiger partial charge is 0.480 e. The summed E-state index contributed by atoms with van der Waals surface area (Å²) in [5.74, 6) is -1.55. The van der Waals surface area contributed by atoms with Crippen molar-refractivity contribution in [2.45, 2.75) is 32.4 Å². The smallest absolute Gasteiger partial charge is 0.326 e. The van der Waals surface area contributed by atoms with Gasteiger partial charge in [0.1, 0.15) is 6.04 Å². The summed E-state index contributed by atoms with van der Waals surface area (Å²) in [5.41, 5.74) is 1.75. The van der Waals surface area contributed by atoms with Crippen LogP contribution in [0.15, 0.2) is 60.7 Å². The van der Waals surface area contributed by atoms with Gasteiger partial charge in [-0.3, -0.25) is 9.59 Å². The molecule has 2 aromatic carbocycles. The van der Waals surface area contributed by atoms with Crippen molar-refractivity contribution in [3.05, 3.63) is 71.8 Å². The van der Waals surface area contributed by atoms with Crippen LogP contribution in [-0.4, -0.2) is 40.4 Å². The number of carbonyl (C=O) groups excluding carboxylic acids is 2. The van der Waals surface area contributed by atoms with Crippen LogP contribution < -0.4 is 5.32 Å². The van der Waals surface area contributed by atoms with Crippen molar-refractivity contribution < 1.29 is 19.5 Å². The second-order valence-electron chi connectivity index (χ2n) is 6.28. The van der Waals surface area contributed by atoms with Gasteiger partial charge in [0, 0.05) is 19.5 Å². The van der Waals surface area contributed by atoms with E-state index >= 15 is 0 Å². The van der Waals surface area contributed by atoms with E-state index in [1.807, 2.05) is 60.7 Å². The molecule has 0 saturated heterocycles. The van der Waals surface area contributed by atoms with E-state index in [-0.39, 0.29) is 37.7 Å². The van der Waals surface area contributed by atoms with Crippen molar-refractivity contribution in [1.29, 1.82) is 0 Å². The SMILES string of the molecule is CC(C(=O)O)N(Cc1ccccc1)C(=O)CCNC(=O)Cc1ccccc1. The number of carboxylic acid groups (broad SMARTS) is 1. The van der Waals surface area contributed by atoms with Crippen LogP contribution in [0.4, 0.5) is 0 Å². The van der Waals surface area contributed by atoms with Gasteiger partial charge in [0.15, 0.2) is 0 Å². The fourth-order valence-corrected chi connectivity index (χ4v) is 2.65. The van der Waals surface area contributed by atoms with Crippen molar-refractivity contribution in [1.82, 2.24) is 10.2 Å². The zero-order valence-electron chi connectivity index (χ0n) is 15.3. The molecular formula is C21H24N2O4. The molecule has 0 aliphatic heterocycles. The van der Waals surface area contributed by atoms with Crippen LogP contribution in [0, 0.1) is 0 Å². The minimum Gasteiger partial charge on any atom is -0.480 e. The summed E-state index contributed by atoms with van der Waals surface area (Å²) in [6.07, 6.45) is 0.291. The molecule has 0 aliphatic carbocycles. The molecule has 1 atom stereocenters. The van der Waals surface area contributed by atoms with Gasteiger partial charge in [-0.15, -0.1) is 0 Å². The number of nitrogens with zero attached hydrogens (tertiary/aromatic N) is 1. The summed E-state index contributed by atoms with van der Waals surface area (Å²) in [5, 5.41) is 12.0. The number of aliphatic carboxylic acids is 1. The molecule has 0 spiro atoms. The maximum absolute atomic E-state index is 12.5. The Balaban J connectivity index is 1.89. The first-order valence-corrected chi connectivity index (χ1v) is 8.84. The summed E-state index contributed by atoms with van der Waals surface area (Å²) >= 11 is 0. The molecular weight excluding hydrogens is 344 g/mol. The Labute approximate surface area is 158 Å². The lowest BCUT2D eigenvalue weighted by Gasteiger charge is -2.27. The maximum atomic E-state index is 12.5. The third-order valence-corrected chi connectivity index (χ3v) is 4.21. The summed E-state index contributed by atoms with van der Waals surface area (Å²) in [6, 6.07) is 17.6. The molecule has 0 heterocycles. The van der Waals surface area contributed by atoms with Gasteiger partial charge in [-0.05, 0) is 18.1 Å². The van der Waals surface area contributed by atoms with Crippen LogP contribution in [0.5, 0.6) is 0 Å². The number of rotatable bonds is 9. The van der Waals surface area contributed by atoms with E-state index in [2.05, 4.69) is 5.32 Å². The molecule has 6 nitrogen and oxygen atoms in total. The summed E-state index contributed by atoms with van der Waals surface area (Å²) in [6.45, 7) is 1.87. The van der Waals surface area contributed by atoms with E-state index in [0.29, 0.717) is 0 Å². The minimum atomic E-state index is -1.06. The van der Waals surface area contributed by atoms with Gasteiger partial charge in [-0.1, -0.05) is 60.7 Å². The molecule has 2 N–H and O–H groups in total. The van der Waals surface area contributed by atoms with Crippen molar-refractivity contribution >= 4 is 17.8 Å². The Kier molecular flexibility index (Phi) is 7.55. The topological polar surface area (TPSA) is 86.7 Å². The lowest BCUT2D eigenvalue weighted by atomic mass is 10.1. The number of amides is 2. The van der Waals surface area contributed by atoms with E-state index in [4.69, 9.17) is 0 Å². The van der Waals surface area contributed by atoms with Gasteiger partial charge in [-0.25, -0.2) is 4.79 Å². The molecule has 2 rings (SSSR count). The predicted molar refractivity (Wildman–Crippen MR) is 102 cm³/mol. The Bertz CT molecular complexity index is 762. The lowest BCUT2D eigenvalue weighted by Crippen LogP contribution is -2.43. The fourth-order valence-electron chi connectivity index (χ4n) is 2.65. The van der Waals surface area contributed by atoms with E-state index < -0.39 is 12.0 Å². The average Bonchev–Trinajstić information content (AvgIpc) is 2.67. The first-order chi connectivity index (χ1) is 13.0. The summed E-state index contributed by atoms with van der Waals surface area (Å²) in [4.78, 5) is 37.2. The van der Waals surface area contributed by atoms with E-state index in [0.717, 1.165) is 11.1 Å². The Morgan fingerprint density at radius 2 is 1.52 bits per heavy atom. The van der Waals surface area contributed by atoms with Crippen LogP contribution in [-0.2, 0) is 27.3 Å². The van der Waals surface area contributed by atoms with Crippen molar-refractivity contribution in [2.24, 2.45) is 0 Å². The molecule has 27 heavy (non-hydrogen) atoms. The number of hydrogen-bond donors (Lipinski definition) is 2. The minimum absolute atomic E-state index is 0.0466. The lowest BCUT2D eigenvalue weighted by molar-refractivity contribution is -0.150. The third kappa shape index (κ3) is 6.58. The Morgan fingerprint density at radius 1 is 0.963 bits per heavy atom. The average molecular weight is 368 g/mol. The molecule has 142 valence electrons. The number of benzene rings is 2. The highest BCUT2D eigenvalue weighted by molar-refractivity contribution is 5.84. The molecule has 2 aromatic rings. The Hall–Kier alpha value is -3.15. The maximum Gasteiger partial charge on any atom is 0.326 e. The van der Waals surface area contributed by atoms with Gasteiger partial charge in [0.05, 0.1) is 6.42 Å². The zero-order chi connectivity index (χ0) is 19.6. The molecule has 0 aromatic heterocycles. The number of nitrogens with one attached hydrogen (secondary N) is 1. The standard InChI is InChI=1S/C21H24N2O4/c1-16(21(26)27)23(15-18-10-6-3-7-11-18)20(25)12-13-22-19(24)14-17-8-4-2-5-9-17/h2-11,16H,12-15H2,1H3,(H,22,24)(H,26,27). The fraction of sp³-hybridized carbons (Fsp3) is 0.286. The number of hydrogen-bond acceptors (Lipinski definition) is 3. The van der Waals surface area contributed by atoms with Crippen molar-refractivity contribution in [3.63, 3.8) is 0 Å². The highest BCUT2D eigenvalue weighted by Crippen LogP contribution is 2.10. The van der Waals surface area contributed by atoms with Crippen LogP contribution in [0.1, 0.15) is 24.5 Å². The second-order valence-corrected chi connectivity index (χ2v) is 6.28. The molecule has 0 bridgehead atoms.